The van der Waals surface area contributed by atoms with Crippen molar-refractivity contribution >= 4 is 33.0 Å². The van der Waals surface area contributed by atoms with Gasteiger partial charge in [-0.15, -0.1) is 0 Å². The molecule has 0 aliphatic heterocycles. The summed E-state index contributed by atoms with van der Waals surface area (Å²) < 4.78 is 6.16. The van der Waals surface area contributed by atoms with E-state index in [0.717, 1.165) is 77.7 Å². The van der Waals surface area contributed by atoms with Crippen LogP contribution in [0.4, 0.5) is 0 Å². The van der Waals surface area contributed by atoms with Gasteiger partial charge in [-0.05, 0) is 58.7 Å². The van der Waals surface area contributed by atoms with Gasteiger partial charge < -0.3 is 4.42 Å². The topological polar surface area (TPSA) is 38.9 Å². The van der Waals surface area contributed by atoms with Gasteiger partial charge in [-0.1, -0.05) is 109 Å². The molecule has 0 atom stereocenters. The number of para-hydroxylation sites is 3. The van der Waals surface area contributed by atoms with Crippen molar-refractivity contribution in [3.05, 3.63) is 146 Å². The van der Waals surface area contributed by atoms with E-state index in [4.69, 9.17) is 14.4 Å². The summed E-state index contributed by atoms with van der Waals surface area (Å²) in [5.74, 6) is 0. The van der Waals surface area contributed by atoms with E-state index in [1.165, 1.54) is 0 Å². The summed E-state index contributed by atoms with van der Waals surface area (Å²) in [6.45, 7) is 0. The molecular formula is C38H24N2O. The van der Waals surface area contributed by atoms with Crippen molar-refractivity contribution in [1.82, 2.24) is 9.97 Å². The van der Waals surface area contributed by atoms with Gasteiger partial charge in [-0.3, -0.25) is 0 Å². The van der Waals surface area contributed by atoms with Crippen LogP contribution in [0.15, 0.2) is 150 Å². The van der Waals surface area contributed by atoms with E-state index in [1.807, 2.05) is 60.7 Å². The second kappa shape index (κ2) is 9.58. The van der Waals surface area contributed by atoms with Crippen molar-refractivity contribution < 1.29 is 4.42 Å². The normalized spacial score (nSPS) is 11.4. The lowest BCUT2D eigenvalue weighted by Gasteiger charge is -2.12. The molecule has 2 heterocycles. The zero-order valence-corrected chi connectivity index (χ0v) is 22.2. The monoisotopic (exact) mass is 524 g/mol. The largest absolute Gasteiger partial charge is 0.456 e. The van der Waals surface area contributed by atoms with Gasteiger partial charge in [0.15, 0.2) is 0 Å². The van der Waals surface area contributed by atoms with Gasteiger partial charge in [0.2, 0.25) is 0 Å². The fourth-order valence-corrected chi connectivity index (χ4v) is 5.73. The molecule has 6 aromatic carbocycles. The summed E-state index contributed by atoms with van der Waals surface area (Å²) in [5, 5.41) is 2.28. The van der Waals surface area contributed by atoms with Crippen LogP contribution in [0.2, 0.25) is 0 Å². The number of nitrogens with zero attached hydrogens (tertiary/aromatic N) is 2. The molecule has 192 valence electrons. The predicted octanol–water partition coefficient (Wildman–Crippen LogP) is 10.2. The second-order valence-corrected chi connectivity index (χ2v) is 10.2. The molecule has 0 fully saturated rings. The van der Waals surface area contributed by atoms with Crippen molar-refractivity contribution in [2.45, 2.75) is 0 Å². The van der Waals surface area contributed by atoms with Gasteiger partial charge in [0.1, 0.15) is 11.2 Å². The van der Waals surface area contributed by atoms with Gasteiger partial charge in [0.25, 0.3) is 0 Å². The predicted molar refractivity (Wildman–Crippen MR) is 169 cm³/mol. The molecule has 8 rings (SSSR count). The van der Waals surface area contributed by atoms with Crippen molar-refractivity contribution in [2.24, 2.45) is 0 Å². The minimum Gasteiger partial charge on any atom is -0.456 e. The summed E-state index contributed by atoms with van der Waals surface area (Å²) >= 11 is 0. The molecule has 0 bridgehead atoms. The minimum atomic E-state index is 0.877. The average molecular weight is 525 g/mol. The third-order valence-corrected chi connectivity index (χ3v) is 7.66. The third-order valence-electron chi connectivity index (χ3n) is 7.66. The highest BCUT2D eigenvalue weighted by Gasteiger charge is 2.15. The van der Waals surface area contributed by atoms with Crippen molar-refractivity contribution in [1.29, 1.82) is 0 Å². The second-order valence-electron chi connectivity index (χ2n) is 10.2. The zero-order valence-electron chi connectivity index (χ0n) is 22.2. The smallest absolute Gasteiger partial charge is 0.136 e. The third kappa shape index (κ3) is 4.07. The van der Waals surface area contributed by atoms with Gasteiger partial charge in [0.05, 0.1) is 22.4 Å². The van der Waals surface area contributed by atoms with Gasteiger partial charge in [0, 0.05) is 21.9 Å². The Morgan fingerprint density at radius 2 is 0.927 bits per heavy atom. The van der Waals surface area contributed by atoms with Crippen LogP contribution >= 0.6 is 0 Å². The Morgan fingerprint density at radius 1 is 0.390 bits per heavy atom. The number of hydrogen-bond acceptors (Lipinski definition) is 3. The number of hydrogen-bond donors (Lipinski definition) is 0. The maximum atomic E-state index is 6.16. The van der Waals surface area contributed by atoms with Crippen LogP contribution < -0.4 is 0 Å². The van der Waals surface area contributed by atoms with Crippen LogP contribution in [0.5, 0.6) is 0 Å². The van der Waals surface area contributed by atoms with E-state index in [1.54, 1.807) is 0 Å². The molecule has 3 nitrogen and oxygen atoms in total. The maximum absolute atomic E-state index is 6.16. The number of benzene rings is 6. The lowest BCUT2D eigenvalue weighted by atomic mass is 9.94. The fourth-order valence-electron chi connectivity index (χ4n) is 5.73. The van der Waals surface area contributed by atoms with Crippen LogP contribution in [0, 0.1) is 0 Å². The highest BCUT2D eigenvalue weighted by atomic mass is 16.3. The summed E-state index contributed by atoms with van der Waals surface area (Å²) in [6, 6.07) is 50.2. The van der Waals surface area contributed by atoms with Crippen LogP contribution in [-0.2, 0) is 0 Å². The molecule has 2 aromatic heterocycles. The fraction of sp³-hybridized carbons (Fsp3) is 0. The molecule has 0 unspecified atom stereocenters. The molecule has 0 spiro atoms. The molecule has 0 saturated carbocycles. The summed E-state index contributed by atoms with van der Waals surface area (Å²) in [5.41, 5.74) is 12.0. The Labute approximate surface area is 237 Å². The van der Waals surface area contributed by atoms with Crippen molar-refractivity contribution in [2.75, 3.05) is 0 Å². The van der Waals surface area contributed by atoms with Crippen LogP contribution in [-0.4, -0.2) is 9.97 Å². The van der Waals surface area contributed by atoms with E-state index in [9.17, 15) is 0 Å². The first kappa shape index (κ1) is 23.4. The van der Waals surface area contributed by atoms with Crippen molar-refractivity contribution in [3.8, 4) is 44.8 Å². The molecule has 3 heteroatoms. The molecule has 41 heavy (non-hydrogen) atoms. The Bertz CT molecular complexity index is 2210. The number of furan rings is 1. The van der Waals surface area contributed by atoms with Crippen molar-refractivity contribution in [3.63, 3.8) is 0 Å². The summed E-state index contributed by atoms with van der Waals surface area (Å²) in [4.78, 5) is 10.2. The molecule has 0 aliphatic rings. The average Bonchev–Trinajstić information content (AvgIpc) is 3.44. The molecule has 0 radical (unpaired) electrons. The van der Waals surface area contributed by atoms with E-state index in [2.05, 4.69) is 84.9 Å². The van der Waals surface area contributed by atoms with E-state index >= 15 is 0 Å². The molecule has 0 amide bonds. The first-order valence-corrected chi connectivity index (χ1v) is 13.8. The lowest BCUT2D eigenvalue weighted by molar-refractivity contribution is 0.669. The molecular weight excluding hydrogens is 500 g/mol. The Hall–Kier alpha value is -5.54. The molecule has 0 saturated heterocycles. The number of fused-ring (bicyclic) bond motifs is 4. The van der Waals surface area contributed by atoms with Gasteiger partial charge >= 0.3 is 0 Å². The minimum absolute atomic E-state index is 0.877. The SMILES string of the molecule is c1ccc(-c2nc3ccccc3nc2-c2cccc(-c3cccc(-c4cccc5oc6ccccc6c45)c3)c2)cc1. The van der Waals surface area contributed by atoms with E-state index < -0.39 is 0 Å². The quantitative estimate of drug-likeness (QED) is 0.230. The molecule has 8 aromatic rings. The van der Waals surface area contributed by atoms with E-state index in [-0.39, 0.29) is 0 Å². The Morgan fingerprint density at radius 3 is 1.71 bits per heavy atom. The van der Waals surface area contributed by atoms with Gasteiger partial charge in [-0.25, -0.2) is 9.97 Å². The summed E-state index contributed by atoms with van der Waals surface area (Å²) in [7, 11) is 0. The molecule has 0 N–H and O–H groups in total. The first-order valence-electron chi connectivity index (χ1n) is 13.8. The Kier molecular flexibility index (Phi) is 5.46. The molecule has 0 aliphatic carbocycles. The lowest BCUT2D eigenvalue weighted by Crippen LogP contribution is -1.95. The summed E-state index contributed by atoms with van der Waals surface area (Å²) in [6.07, 6.45) is 0. The van der Waals surface area contributed by atoms with Crippen LogP contribution in [0.1, 0.15) is 0 Å². The number of rotatable bonds is 4. The highest BCUT2D eigenvalue weighted by Crippen LogP contribution is 2.38. The maximum Gasteiger partial charge on any atom is 0.136 e. The van der Waals surface area contributed by atoms with Crippen LogP contribution in [0.3, 0.4) is 0 Å². The standard InChI is InChI=1S/C38H24N2O/c1-2-11-25(12-3-1)37-38(40-33-20-6-5-19-32(33)39-37)29-16-9-14-27(24-29)26-13-8-15-28(23-26)30-18-10-22-35-36(30)31-17-4-7-21-34(31)41-35/h1-24H. The highest BCUT2D eigenvalue weighted by molar-refractivity contribution is 6.12. The first-order chi connectivity index (χ1) is 20.3. The number of aromatic nitrogens is 2. The van der Waals surface area contributed by atoms with Gasteiger partial charge in [-0.2, -0.15) is 0 Å². The zero-order chi connectivity index (χ0) is 27.2. The Balaban J connectivity index is 1.27. The van der Waals surface area contributed by atoms with E-state index in [0.29, 0.717) is 0 Å². The van der Waals surface area contributed by atoms with Crippen LogP contribution in [0.25, 0.3) is 77.7 Å².